The largest absolute Gasteiger partial charge is 0.496 e. The van der Waals surface area contributed by atoms with Gasteiger partial charge < -0.3 is 14.8 Å². The minimum atomic E-state index is -1.13. The van der Waals surface area contributed by atoms with E-state index in [2.05, 4.69) is 5.32 Å². The zero-order valence-corrected chi connectivity index (χ0v) is 13.6. The van der Waals surface area contributed by atoms with Crippen LogP contribution in [0.15, 0.2) is 36.4 Å². The summed E-state index contributed by atoms with van der Waals surface area (Å²) >= 11 is 0. The molecule has 7 nitrogen and oxygen atoms in total. The van der Waals surface area contributed by atoms with Gasteiger partial charge in [0.2, 0.25) is 0 Å². The Balaban J connectivity index is 2.21. The van der Waals surface area contributed by atoms with Crippen LogP contribution in [0.4, 0.5) is 4.79 Å². The van der Waals surface area contributed by atoms with E-state index in [1.165, 1.54) is 21.1 Å². The molecule has 2 rings (SSSR count). The van der Waals surface area contributed by atoms with Crippen LogP contribution in [-0.2, 0) is 9.53 Å². The Hall–Kier alpha value is -3.09. The number of rotatable bonds is 4. The van der Waals surface area contributed by atoms with E-state index in [1.807, 2.05) is 29.6 Å². The molecule has 0 aromatic heterocycles. The number of ether oxygens (including phenoxy) is 2. The fourth-order valence-corrected chi connectivity index (χ4v) is 2.10. The number of methoxy groups -OCH3 is 1. The van der Waals surface area contributed by atoms with E-state index in [1.54, 1.807) is 12.1 Å². The van der Waals surface area contributed by atoms with Crippen molar-refractivity contribution in [3.8, 4) is 5.75 Å². The molecule has 0 radical (unpaired) electrons. The van der Waals surface area contributed by atoms with Crippen molar-refractivity contribution in [2.24, 2.45) is 0 Å². The summed E-state index contributed by atoms with van der Waals surface area (Å²) < 4.78 is 10.4. The van der Waals surface area contributed by atoms with Gasteiger partial charge in [0.25, 0.3) is 5.91 Å². The summed E-state index contributed by atoms with van der Waals surface area (Å²) in [6.07, 6.45) is -1.13. The summed E-state index contributed by atoms with van der Waals surface area (Å²) in [6, 6.07) is 10.2. The Morgan fingerprint density at radius 1 is 1.08 bits per heavy atom. The molecule has 0 fully saturated rings. The number of imide groups is 1. The molecule has 7 heteroatoms. The Bertz CT molecular complexity index is 788. The van der Waals surface area contributed by atoms with Gasteiger partial charge in [0, 0.05) is 7.05 Å². The third-order valence-electron chi connectivity index (χ3n) is 3.40. The minimum Gasteiger partial charge on any atom is -0.496 e. The lowest BCUT2D eigenvalue weighted by atomic mass is 10.1. The summed E-state index contributed by atoms with van der Waals surface area (Å²) in [4.78, 5) is 35.2. The Labute approximate surface area is 138 Å². The molecule has 0 aliphatic rings. The van der Waals surface area contributed by atoms with Crippen LogP contribution in [0, 0.1) is 0 Å². The van der Waals surface area contributed by atoms with Gasteiger partial charge in [-0.1, -0.05) is 24.3 Å². The van der Waals surface area contributed by atoms with Crippen LogP contribution in [0.3, 0.4) is 0 Å². The second-order valence-electron chi connectivity index (χ2n) is 5.02. The number of amides is 3. The van der Waals surface area contributed by atoms with Crippen LogP contribution < -0.4 is 15.4 Å². The van der Waals surface area contributed by atoms with Gasteiger partial charge >= 0.3 is 12.0 Å². The normalized spacial score (nSPS) is 11.5. The number of fused-ring (bicyclic) bond motifs is 1. The highest BCUT2D eigenvalue weighted by Gasteiger charge is 2.22. The maximum absolute atomic E-state index is 12.4. The van der Waals surface area contributed by atoms with Crippen molar-refractivity contribution in [2.75, 3.05) is 14.2 Å². The molecule has 2 aromatic rings. The zero-order valence-electron chi connectivity index (χ0n) is 13.6. The molecule has 0 bridgehead atoms. The van der Waals surface area contributed by atoms with Gasteiger partial charge in [-0.25, -0.2) is 9.59 Å². The van der Waals surface area contributed by atoms with E-state index in [9.17, 15) is 14.4 Å². The topological polar surface area (TPSA) is 93.7 Å². The van der Waals surface area contributed by atoms with Crippen LogP contribution >= 0.6 is 0 Å². The monoisotopic (exact) mass is 330 g/mol. The Kier molecular flexibility index (Phi) is 5.36. The second-order valence-corrected chi connectivity index (χ2v) is 5.02. The molecule has 126 valence electrons. The molecule has 0 heterocycles. The Morgan fingerprint density at radius 2 is 1.71 bits per heavy atom. The molecule has 3 amide bonds. The molecular formula is C17H18N2O5. The van der Waals surface area contributed by atoms with E-state index in [-0.39, 0.29) is 5.56 Å². The van der Waals surface area contributed by atoms with Gasteiger partial charge in [0.15, 0.2) is 6.10 Å². The maximum Gasteiger partial charge on any atom is 0.342 e. The van der Waals surface area contributed by atoms with Crippen LogP contribution in [0.25, 0.3) is 10.8 Å². The summed E-state index contributed by atoms with van der Waals surface area (Å²) in [5.41, 5.74) is 0.204. The summed E-state index contributed by atoms with van der Waals surface area (Å²) in [5, 5.41) is 6.04. The average Bonchev–Trinajstić information content (AvgIpc) is 2.59. The van der Waals surface area contributed by atoms with Crippen molar-refractivity contribution in [3.05, 3.63) is 42.0 Å². The molecule has 1 atom stereocenters. The van der Waals surface area contributed by atoms with Gasteiger partial charge in [-0.05, 0) is 29.8 Å². The van der Waals surface area contributed by atoms with Gasteiger partial charge in [-0.2, -0.15) is 0 Å². The molecule has 0 aliphatic heterocycles. The molecule has 0 saturated heterocycles. The van der Waals surface area contributed by atoms with Crippen LogP contribution in [0.2, 0.25) is 0 Å². The maximum atomic E-state index is 12.4. The Morgan fingerprint density at radius 3 is 2.29 bits per heavy atom. The lowest BCUT2D eigenvalue weighted by molar-refractivity contribution is -0.127. The van der Waals surface area contributed by atoms with E-state index in [0.717, 1.165) is 10.8 Å². The molecule has 0 saturated carbocycles. The lowest BCUT2D eigenvalue weighted by Crippen LogP contribution is -2.43. The number of carbonyl (C=O) groups excluding carboxylic acids is 3. The predicted molar refractivity (Wildman–Crippen MR) is 88.0 cm³/mol. The highest BCUT2D eigenvalue weighted by molar-refractivity contribution is 6.01. The quantitative estimate of drug-likeness (QED) is 0.835. The first-order chi connectivity index (χ1) is 11.5. The molecule has 24 heavy (non-hydrogen) atoms. The van der Waals surface area contributed by atoms with Crippen molar-refractivity contribution in [2.45, 2.75) is 13.0 Å². The zero-order chi connectivity index (χ0) is 17.7. The number of urea groups is 1. The SMILES string of the molecule is CNC(=O)NC(=O)C(C)OC(=O)c1cc2ccccc2cc1OC. The lowest BCUT2D eigenvalue weighted by Gasteiger charge is -2.14. The fourth-order valence-electron chi connectivity index (χ4n) is 2.10. The van der Waals surface area contributed by atoms with Crippen molar-refractivity contribution in [1.29, 1.82) is 0 Å². The van der Waals surface area contributed by atoms with Crippen LogP contribution in [-0.4, -0.2) is 38.2 Å². The van der Waals surface area contributed by atoms with E-state index < -0.39 is 24.0 Å². The van der Waals surface area contributed by atoms with Crippen molar-refractivity contribution in [3.63, 3.8) is 0 Å². The van der Waals surface area contributed by atoms with E-state index in [4.69, 9.17) is 9.47 Å². The van der Waals surface area contributed by atoms with Gasteiger partial charge in [-0.3, -0.25) is 10.1 Å². The van der Waals surface area contributed by atoms with Gasteiger partial charge in [-0.15, -0.1) is 0 Å². The fraction of sp³-hybridized carbons (Fsp3) is 0.235. The highest BCUT2D eigenvalue weighted by Crippen LogP contribution is 2.26. The molecular weight excluding hydrogens is 312 g/mol. The van der Waals surface area contributed by atoms with E-state index >= 15 is 0 Å². The molecule has 1 unspecified atom stereocenters. The highest BCUT2D eigenvalue weighted by atomic mass is 16.5. The third-order valence-corrected chi connectivity index (χ3v) is 3.40. The minimum absolute atomic E-state index is 0.204. The summed E-state index contributed by atoms with van der Waals surface area (Å²) in [6.45, 7) is 1.38. The van der Waals surface area contributed by atoms with Crippen molar-refractivity contribution < 1.29 is 23.9 Å². The average molecular weight is 330 g/mol. The van der Waals surface area contributed by atoms with Gasteiger partial charge in [0.1, 0.15) is 11.3 Å². The summed E-state index contributed by atoms with van der Waals surface area (Å²) in [7, 11) is 2.82. The first kappa shape index (κ1) is 17.3. The molecule has 0 aliphatic carbocycles. The van der Waals surface area contributed by atoms with Gasteiger partial charge in [0.05, 0.1) is 7.11 Å². The number of hydrogen-bond donors (Lipinski definition) is 2. The smallest absolute Gasteiger partial charge is 0.342 e. The van der Waals surface area contributed by atoms with E-state index in [0.29, 0.717) is 5.75 Å². The first-order valence-electron chi connectivity index (χ1n) is 7.26. The number of carbonyl (C=O) groups is 3. The first-order valence-corrected chi connectivity index (χ1v) is 7.26. The van der Waals surface area contributed by atoms with Crippen LogP contribution in [0.1, 0.15) is 17.3 Å². The number of nitrogens with one attached hydrogen (secondary N) is 2. The number of hydrogen-bond acceptors (Lipinski definition) is 5. The predicted octanol–water partition coefficient (Wildman–Crippen LogP) is 1.85. The van der Waals surface area contributed by atoms with Crippen molar-refractivity contribution >= 4 is 28.7 Å². The second kappa shape index (κ2) is 7.45. The number of esters is 1. The molecule has 2 N–H and O–H groups in total. The number of benzene rings is 2. The molecule has 2 aromatic carbocycles. The third kappa shape index (κ3) is 3.81. The van der Waals surface area contributed by atoms with Crippen LogP contribution in [0.5, 0.6) is 5.75 Å². The molecule has 0 spiro atoms. The van der Waals surface area contributed by atoms with Crippen molar-refractivity contribution in [1.82, 2.24) is 10.6 Å². The standard InChI is InChI=1S/C17H18N2O5/c1-10(15(20)19-17(22)18-2)24-16(21)13-8-11-6-4-5-7-12(11)9-14(13)23-3/h4-10H,1-3H3,(H2,18,19,20,22). The summed E-state index contributed by atoms with van der Waals surface area (Å²) in [5.74, 6) is -1.09.